The molecule has 1 amide bonds. The Balaban J connectivity index is 1.53. The van der Waals surface area contributed by atoms with Crippen molar-refractivity contribution in [2.45, 2.75) is 91.0 Å². The Labute approximate surface area is 170 Å². The number of carboxylic acid groups (broad SMARTS) is 1. The molecule has 3 aliphatic carbocycles. The number of amides is 1. The smallest absolute Gasteiger partial charge is 0.303 e. The molecule has 158 valence electrons. The molecule has 3 saturated carbocycles. The van der Waals surface area contributed by atoms with Crippen molar-refractivity contribution in [3.63, 3.8) is 0 Å². The van der Waals surface area contributed by atoms with Crippen molar-refractivity contribution in [2.24, 2.45) is 40.4 Å². The van der Waals surface area contributed by atoms with Crippen molar-refractivity contribution in [3.8, 4) is 0 Å². The third-order valence-corrected chi connectivity index (χ3v) is 10.1. The van der Waals surface area contributed by atoms with Crippen LogP contribution in [0.1, 0.15) is 85.0 Å². The van der Waals surface area contributed by atoms with E-state index in [0.29, 0.717) is 41.0 Å². The monoisotopic (exact) mass is 389 g/mol. The number of carbonyl (C=O) groups is 2. The van der Waals surface area contributed by atoms with Crippen LogP contribution in [0.5, 0.6) is 0 Å². The molecule has 0 spiro atoms. The minimum absolute atomic E-state index is 0.292. The second-order valence-electron chi connectivity index (χ2n) is 11.1. The molecule has 8 atom stereocenters. The lowest BCUT2D eigenvalue weighted by Crippen LogP contribution is -2.61. The highest BCUT2D eigenvalue weighted by Gasteiger charge is 2.61. The molecule has 4 heteroatoms. The van der Waals surface area contributed by atoms with Gasteiger partial charge in [-0.05, 0) is 91.8 Å². The Bertz CT molecular complexity index is 648. The Hall–Kier alpha value is -1.06. The van der Waals surface area contributed by atoms with Crippen LogP contribution in [0.2, 0.25) is 0 Å². The SMILES string of the molecule is C[C@H](CCC(=O)O)[C@H]1CC[C@H]2[C@@H]3CC[C@H]4N(C)C(=O)CC[C@]4(C)[C@H]3CC[C@]12C. The summed E-state index contributed by atoms with van der Waals surface area (Å²) in [5.74, 6) is 3.23. The molecule has 4 nitrogen and oxygen atoms in total. The number of likely N-dealkylation sites (tertiary alicyclic amines) is 1. The minimum atomic E-state index is -0.655. The number of rotatable bonds is 4. The highest BCUT2D eigenvalue weighted by molar-refractivity contribution is 5.77. The lowest BCUT2D eigenvalue weighted by molar-refractivity contribution is -0.158. The van der Waals surface area contributed by atoms with Crippen molar-refractivity contribution in [3.05, 3.63) is 0 Å². The number of carbonyl (C=O) groups excluding carboxylic acids is 1. The summed E-state index contributed by atoms with van der Waals surface area (Å²) >= 11 is 0. The van der Waals surface area contributed by atoms with Crippen LogP contribution in [0.15, 0.2) is 0 Å². The number of piperidine rings is 1. The zero-order valence-electron chi connectivity index (χ0n) is 18.2. The van der Waals surface area contributed by atoms with E-state index in [1.165, 1.54) is 38.5 Å². The number of aliphatic carboxylic acids is 1. The van der Waals surface area contributed by atoms with Crippen molar-refractivity contribution in [2.75, 3.05) is 7.05 Å². The standard InChI is InChI=1S/C24H39NO3/c1-15(5-10-22(27)28)17-7-8-18-16-6-9-20-24(3,14-12-21(26)25(20)4)19(16)11-13-23(17,18)2/h15-20H,5-14H2,1-4H3,(H,27,28)/t15-,16+,17-,18+,19+,20-,23-,24-/m1/s1. The third kappa shape index (κ3) is 2.92. The van der Waals surface area contributed by atoms with Crippen LogP contribution in [0.25, 0.3) is 0 Å². The Kier molecular flexibility index (Phi) is 5.07. The molecule has 28 heavy (non-hydrogen) atoms. The average molecular weight is 390 g/mol. The fourth-order valence-corrected chi connectivity index (χ4v) is 8.68. The highest BCUT2D eigenvalue weighted by atomic mass is 16.4. The molecular weight excluding hydrogens is 350 g/mol. The normalized spacial score (nSPS) is 46.5. The van der Waals surface area contributed by atoms with E-state index in [2.05, 4.69) is 25.7 Å². The number of hydrogen-bond donors (Lipinski definition) is 1. The van der Waals surface area contributed by atoms with Crippen LogP contribution >= 0.6 is 0 Å². The molecule has 0 radical (unpaired) electrons. The van der Waals surface area contributed by atoms with E-state index in [4.69, 9.17) is 5.11 Å². The molecule has 0 aromatic carbocycles. The van der Waals surface area contributed by atoms with Crippen LogP contribution < -0.4 is 0 Å². The van der Waals surface area contributed by atoms with Gasteiger partial charge in [-0.1, -0.05) is 20.8 Å². The van der Waals surface area contributed by atoms with Gasteiger partial charge in [0.1, 0.15) is 0 Å². The second kappa shape index (κ2) is 7.02. The van der Waals surface area contributed by atoms with E-state index in [1.807, 2.05) is 7.05 Å². The summed E-state index contributed by atoms with van der Waals surface area (Å²) in [5, 5.41) is 9.11. The van der Waals surface area contributed by atoms with Gasteiger partial charge >= 0.3 is 5.97 Å². The first-order chi connectivity index (χ1) is 13.2. The van der Waals surface area contributed by atoms with E-state index in [-0.39, 0.29) is 0 Å². The van der Waals surface area contributed by atoms with E-state index in [0.717, 1.165) is 37.0 Å². The molecular formula is C24H39NO3. The van der Waals surface area contributed by atoms with E-state index >= 15 is 0 Å². The molecule has 0 aromatic rings. The van der Waals surface area contributed by atoms with Gasteiger partial charge < -0.3 is 10.0 Å². The summed E-state index contributed by atoms with van der Waals surface area (Å²) in [4.78, 5) is 25.4. The number of hydrogen-bond acceptors (Lipinski definition) is 2. The summed E-state index contributed by atoms with van der Waals surface area (Å²) in [5.41, 5.74) is 0.679. The van der Waals surface area contributed by atoms with E-state index in [9.17, 15) is 9.59 Å². The first-order valence-electron chi connectivity index (χ1n) is 11.7. The Morgan fingerprint density at radius 2 is 1.82 bits per heavy atom. The third-order valence-electron chi connectivity index (χ3n) is 10.1. The highest BCUT2D eigenvalue weighted by Crippen LogP contribution is 2.67. The van der Waals surface area contributed by atoms with Gasteiger partial charge in [0, 0.05) is 25.9 Å². The number of nitrogens with zero attached hydrogens (tertiary/aromatic N) is 1. The lowest BCUT2D eigenvalue weighted by Gasteiger charge is -2.62. The molecule has 0 bridgehead atoms. The summed E-state index contributed by atoms with van der Waals surface area (Å²) in [7, 11) is 2.04. The quantitative estimate of drug-likeness (QED) is 0.739. The Morgan fingerprint density at radius 3 is 2.54 bits per heavy atom. The summed E-state index contributed by atoms with van der Waals surface area (Å²) in [6.07, 6.45) is 10.6. The van der Waals surface area contributed by atoms with Gasteiger partial charge in [0.2, 0.25) is 5.91 Å². The fourth-order valence-electron chi connectivity index (χ4n) is 8.68. The van der Waals surface area contributed by atoms with E-state index in [1.54, 1.807) is 0 Å². The summed E-state index contributed by atoms with van der Waals surface area (Å²) in [6, 6.07) is 0.436. The largest absolute Gasteiger partial charge is 0.481 e. The molecule has 1 heterocycles. The zero-order chi connectivity index (χ0) is 20.3. The molecule has 4 rings (SSSR count). The van der Waals surface area contributed by atoms with Gasteiger partial charge in [-0.15, -0.1) is 0 Å². The molecule has 0 aromatic heterocycles. The maximum atomic E-state index is 12.3. The van der Waals surface area contributed by atoms with Gasteiger partial charge in [-0.3, -0.25) is 9.59 Å². The summed E-state index contributed by atoms with van der Waals surface area (Å²) < 4.78 is 0. The first-order valence-corrected chi connectivity index (χ1v) is 11.7. The van der Waals surface area contributed by atoms with Crippen LogP contribution in [0, 0.1) is 40.4 Å². The molecule has 1 saturated heterocycles. The molecule has 1 N–H and O–H groups in total. The van der Waals surface area contributed by atoms with Gasteiger partial charge in [0.15, 0.2) is 0 Å². The fraction of sp³-hybridized carbons (Fsp3) is 0.917. The van der Waals surface area contributed by atoms with Crippen molar-refractivity contribution < 1.29 is 14.7 Å². The maximum absolute atomic E-state index is 12.3. The number of carboxylic acids is 1. The average Bonchev–Trinajstić information content (AvgIpc) is 3.00. The van der Waals surface area contributed by atoms with Crippen LogP contribution in [0.3, 0.4) is 0 Å². The lowest BCUT2D eigenvalue weighted by atomic mass is 9.46. The van der Waals surface area contributed by atoms with Crippen molar-refractivity contribution in [1.82, 2.24) is 4.90 Å². The summed E-state index contributed by atoms with van der Waals surface area (Å²) in [6.45, 7) is 7.32. The zero-order valence-corrected chi connectivity index (χ0v) is 18.2. The first kappa shape index (κ1) is 20.2. The van der Waals surface area contributed by atoms with Gasteiger partial charge in [0.05, 0.1) is 0 Å². The molecule has 4 fully saturated rings. The maximum Gasteiger partial charge on any atom is 0.303 e. The predicted molar refractivity (Wildman–Crippen MR) is 110 cm³/mol. The molecule has 4 aliphatic rings. The van der Waals surface area contributed by atoms with Crippen LogP contribution in [-0.4, -0.2) is 35.0 Å². The van der Waals surface area contributed by atoms with Crippen LogP contribution in [0.4, 0.5) is 0 Å². The van der Waals surface area contributed by atoms with Crippen molar-refractivity contribution >= 4 is 11.9 Å². The minimum Gasteiger partial charge on any atom is -0.481 e. The van der Waals surface area contributed by atoms with Crippen LogP contribution in [-0.2, 0) is 9.59 Å². The van der Waals surface area contributed by atoms with Gasteiger partial charge in [-0.2, -0.15) is 0 Å². The van der Waals surface area contributed by atoms with E-state index < -0.39 is 5.97 Å². The van der Waals surface area contributed by atoms with Gasteiger partial charge in [0.25, 0.3) is 0 Å². The Morgan fingerprint density at radius 1 is 1.11 bits per heavy atom. The predicted octanol–water partition coefficient (Wildman–Crippen LogP) is 4.97. The van der Waals surface area contributed by atoms with Gasteiger partial charge in [-0.25, -0.2) is 0 Å². The molecule has 0 unspecified atom stereocenters. The topological polar surface area (TPSA) is 57.6 Å². The number of fused-ring (bicyclic) bond motifs is 5. The van der Waals surface area contributed by atoms with Crippen molar-refractivity contribution in [1.29, 1.82) is 0 Å². The molecule has 1 aliphatic heterocycles. The second-order valence-corrected chi connectivity index (χ2v) is 11.1.